The van der Waals surface area contributed by atoms with E-state index in [2.05, 4.69) is 33.6 Å². The minimum atomic E-state index is -3.27. The molecular formula is C29H37FN4O2S. The van der Waals surface area contributed by atoms with E-state index in [1.165, 1.54) is 31.9 Å². The van der Waals surface area contributed by atoms with Crippen molar-refractivity contribution in [1.82, 2.24) is 19.8 Å². The van der Waals surface area contributed by atoms with Crippen LogP contribution in [0, 0.1) is 5.82 Å². The highest BCUT2D eigenvalue weighted by Crippen LogP contribution is 2.41. The average molecular weight is 525 g/mol. The molecule has 1 N–H and O–H groups in total. The number of nitrogens with one attached hydrogen (secondary N) is 1. The first-order valence-electron chi connectivity index (χ1n) is 13.7. The summed E-state index contributed by atoms with van der Waals surface area (Å²) < 4.78 is 39.2. The van der Waals surface area contributed by atoms with E-state index in [1.54, 1.807) is 24.3 Å². The molecule has 3 aromatic rings. The SMILES string of the molecule is CC(C)N1C2CCC1CC(N1CCC(c3ccc4nc(-c5ccc(S(C)(=O)=O)cc5)[nH]c4c3F)CC1)C2. The molecule has 0 amide bonds. The summed E-state index contributed by atoms with van der Waals surface area (Å²) in [5, 5.41) is 0. The quantitative estimate of drug-likeness (QED) is 0.487. The van der Waals surface area contributed by atoms with Crippen molar-refractivity contribution in [3.63, 3.8) is 0 Å². The number of rotatable bonds is 5. The van der Waals surface area contributed by atoms with Crippen LogP contribution in [0.4, 0.5) is 4.39 Å². The van der Waals surface area contributed by atoms with Crippen LogP contribution >= 0.6 is 0 Å². The minimum absolute atomic E-state index is 0.203. The summed E-state index contributed by atoms with van der Waals surface area (Å²) in [6.07, 6.45) is 8.39. The third kappa shape index (κ3) is 4.61. The predicted octanol–water partition coefficient (Wildman–Crippen LogP) is 5.36. The zero-order valence-electron chi connectivity index (χ0n) is 22.0. The minimum Gasteiger partial charge on any atom is -0.336 e. The number of aromatic amines is 1. The molecule has 37 heavy (non-hydrogen) atoms. The number of nitrogens with zero attached hydrogens (tertiary/aromatic N) is 3. The molecule has 3 fully saturated rings. The number of imidazole rings is 1. The zero-order valence-corrected chi connectivity index (χ0v) is 22.8. The third-order valence-electron chi connectivity index (χ3n) is 9.03. The Labute approximate surface area is 219 Å². The Morgan fingerprint density at radius 2 is 1.59 bits per heavy atom. The van der Waals surface area contributed by atoms with Crippen molar-refractivity contribution in [2.75, 3.05) is 19.3 Å². The lowest BCUT2D eigenvalue weighted by atomic mass is 9.86. The number of hydrogen-bond donors (Lipinski definition) is 1. The largest absolute Gasteiger partial charge is 0.336 e. The number of piperidine rings is 2. The summed E-state index contributed by atoms with van der Waals surface area (Å²) in [6.45, 7) is 6.74. The van der Waals surface area contributed by atoms with Gasteiger partial charge in [0.25, 0.3) is 0 Å². The van der Waals surface area contributed by atoms with Gasteiger partial charge in [0.2, 0.25) is 0 Å². The molecule has 0 spiro atoms. The molecule has 1 aromatic heterocycles. The van der Waals surface area contributed by atoms with Crippen LogP contribution < -0.4 is 0 Å². The summed E-state index contributed by atoms with van der Waals surface area (Å²) in [5.41, 5.74) is 2.54. The van der Waals surface area contributed by atoms with E-state index in [9.17, 15) is 8.42 Å². The maximum atomic E-state index is 15.7. The summed E-state index contributed by atoms with van der Waals surface area (Å²) in [6, 6.07) is 13.1. The molecular weight excluding hydrogens is 487 g/mol. The van der Waals surface area contributed by atoms with Gasteiger partial charge in [0, 0.05) is 36.0 Å². The molecule has 2 unspecified atom stereocenters. The summed E-state index contributed by atoms with van der Waals surface area (Å²) in [5.74, 6) is 0.558. The Hall–Kier alpha value is -2.29. The van der Waals surface area contributed by atoms with E-state index in [1.807, 2.05) is 12.1 Å². The molecule has 0 aliphatic carbocycles. The monoisotopic (exact) mass is 524 g/mol. The first kappa shape index (κ1) is 25.0. The number of hydrogen-bond acceptors (Lipinski definition) is 5. The molecule has 2 aromatic carbocycles. The number of halogens is 1. The van der Waals surface area contributed by atoms with E-state index in [0.717, 1.165) is 49.1 Å². The van der Waals surface area contributed by atoms with Gasteiger partial charge in [-0.15, -0.1) is 0 Å². The second kappa shape index (κ2) is 9.47. The van der Waals surface area contributed by atoms with Crippen LogP contribution in [0.2, 0.25) is 0 Å². The van der Waals surface area contributed by atoms with Gasteiger partial charge in [0.15, 0.2) is 15.7 Å². The number of fused-ring (bicyclic) bond motifs is 3. The van der Waals surface area contributed by atoms with Crippen molar-refractivity contribution in [3.8, 4) is 11.4 Å². The van der Waals surface area contributed by atoms with Gasteiger partial charge in [0.05, 0.1) is 10.4 Å². The van der Waals surface area contributed by atoms with Gasteiger partial charge in [-0.25, -0.2) is 17.8 Å². The van der Waals surface area contributed by atoms with Crippen LogP contribution in [0.15, 0.2) is 41.3 Å². The van der Waals surface area contributed by atoms with Crippen molar-refractivity contribution in [2.45, 2.75) is 87.4 Å². The first-order valence-corrected chi connectivity index (χ1v) is 15.6. The molecule has 0 saturated carbocycles. The molecule has 2 atom stereocenters. The molecule has 6 rings (SSSR count). The fourth-order valence-electron chi connectivity index (χ4n) is 7.27. The predicted molar refractivity (Wildman–Crippen MR) is 145 cm³/mol. The first-order chi connectivity index (χ1) is 17.7. The van der Waals surface area contributed by atoms with Crippen molar-refractivity contribution < 1.29 is 12.8 Å². The highest BCUT2D eigenvalue weighted by atomic mass is 32.2. The average Bonchev–Trinajstić information content (AvgIpc) is 3.43. The molecule has 4 heterocycles. The Morgan fingerprint density at radius 3 is 2.19 bits per heavy atom. The fourth-order valence-corrected chi connectivity index (χ4v) is 7.90. The molecule has 0 radical (unpaired) electrons. The van der Waals surface area contributed by atoms with Crippen LogP contribution in [0.3, 0.4) is 0 Å². The highest BCUT2D eigenvalue weighted by Gasteiger charge is 2.43. The van der Waals surface area contributed by atoms with Gasteiger partial charge in [-0.2, -0.15) is 0 Å². The molecule has 6 nitrogen and oxygen atoms in total. The van der Waals surface area contributed by atoms with Crippen LogP contribution in [0.25, 0.3) is 22.4 Å². The Morgan fingerprint density at radius 1 is 0.946 bits per heavy atom. The van der Waals surface area contributed by atoms with Crippen LogP contribution in [0.1, 0.15) is 63.9 Å². The number of benzene rings is 2. The van der Waals surface area contributed by atoms with E-state index >= 15 is 4.39 Å². The number of likely N-dealkylation sites (tertiary alicyclic amines) is 1. The van der Waals surface area contributed by atoms with Crippen molar-refractivity contribution in [3.05, 3.63) is 47.8 Å². The molecule has 3 aliphatic rings. The second-order valence-electron chi connectivity index (χ2n) is 11.6. The maximum Gasteiger partial charge on any atom is 0.175 e. The van der Waals surface area contributed by atoms with E-state index in [-0.39, 0.29) is 16.6 Å². The Bertz CT molecular complexity index is 1380. The van der Waals surface area contributed by atoms with E-state index < -0.39 is 9.84 Å². The van der Waals surface area contributed by atoms with Gasteiger partial charge in [-0.05, 0) is 107 Å². The lowest BCUT2D eigenvalue weighted by molar-refractivity contribution is 0.0297. The summed E-state index contributed by atoms with van der Waals surface area (Å²) in [4.78, 5) is 13.4. The standard InChI is InChI=1S/C29H37FN4O2S/c1-18(2)34-21-6-7-22(34)17-23(16-21)33-14-12-19(13-15-33)25-10-11-26-28(27(25)30)32-29(31-26)20-4-8-24(9-5-20)37(3,35)36/h4-5,8-11,18-19,21-23H,6-7,12-17H2,1-3H3,(H,31,32). The van der Waals surface area contributed by atoms with Crippen LogP contribution in [-0.2, 0) is 9.84 Å². The second-order valence-corrected chi connectivity index (χ2v) is 13.6. The summed E-state index contributed by atoms with van der Waals surface area (Å²) in [7, 11) is -3.27. The topological polar surface area (TPSA) is 69.3 Å². The van der Waals surface area contributed by atoms with Crippen LogP contribution in [-0.4, -0.2) is 71.7 Å². The van der Waals surface area contributed by atoms with E-state index in [0.29, 0.717) is 28.9 Å². The van der Waals surface area contributed by atoms with Crippen molar-refractivity contribution in [2.24, 2.45) is 0 Å². The van der Waals surface area contributed by atoms with Crippen LogP contribution in [0.5, 0.6) is 0 Å². The molecule has 8 heteroatoms. The Balaban J connectivity index is 1.15. The highest BCUT2D eigenvalue weighted by molar-refractivity contribution is 7.90. The molecule has 2 bridgehead atoms. The van der Waals surface area contributed by atoms with Gasteiger partial charge >= 0.3 is 0 Å². The third-order valence-corrected chi connectivity index (χ3v) is 10.2. The fraction of sp³-hybridized carbons (Fsp3) is 0.552. The zero-order chi connectivity index (χ0) is 25.9. The molecule has 3 aliphatic heterocycles. The smallest absolute Gasteiger partial charge is 0.175 e. The summed E-state index contributed by atoms with van der Waals surface area (Å²) >= 11 is 0. The lowest BCUT2D eigenvalue weighted by Gasteiger charge is -2.46. The van der Waals surface area contributed by atoms with Gasteiger partial charge < -0.3 is 9.88 Å². The van der Waals surface area contributed by atoms with Crippen molar-refractivity contribution in [1.29, 1.82) is 0 Å². The number of H-pyrrole nitrogens is 1. The normalized spacial score (nSPS) is 25.9. The van der Waals surface area contributed by atoms with Crippen molar-refractivity contribution >= 4 is 20.9 Å². The number of aromatic nitrogens is 2. The Kier molecular flexibility index (Phi) is 6.40. The molecule has 3 saturated heterocycles. The van der Waals surface area contributed by atoms with Gasteiger partial charge in [-0.1, -0.05) is 6.07 Å². The lowest BCUT2D eigenvalue weighted by Crippen LogP contribution is -2.53. The molecule has 198 valence electrons. The maximum absolute atomic E-state index is 15.7. The number of sulfone groups is 1. The van der Waals surface area contributed by atoms with Gasteiger partial charge in [-0.3, -0.25) is 4.90 Å². The van der Waals surface area contributed by atoms with Gasteiger partial charge in [0.1, 0.15) is 11.3 Å². The van der Waals surface area contributed by atoms with E-state index in [4.69, 9.17) is 0 Å².